The van der Waals surface area contributed by atoms with Crippen LogP contribution in [0.5, 0.6) is 0 Å². The van der Waals surface area contributed by atoms with Gasteiger partial charge in [0.2, 0.25) is 0 Å². The second-order valence-corrected chi connectivity index (χ2v) is 6.43. The maximum atomic E-state index is 9.67. The summed E-state index contributed by atoms with van der Waals surface area (Å²) in [7, 11) is 0. The summed E-state index contributed by atoms with van der Waals surface area (Å²) in [6.45, 7) is 10.4. The molecule has 112 valence electrons. The first-order valence-electron chi connectivity index (χ1n) is 7.79. The molecule has 2 N–H and O–H groups in total. The summed E-state index contributed by atoms with van der Waals surface area (Å²) in [5, 5.41) is 13.1. The molecule has 2 rings (SSSR count). The summed E-state index contributed by atoms with van der Waals surface area (Å²) < 4.78 is 0. The number of anilines is 1. The van der Waals surface area contributed by atoms with Crippen molar-refractivity contribution in [3.8, 4) is 0 Å². The Morgan fingerprint density at radius 2 is 1.95 bits per heavy atom. The summed E-state index contributed by atoms with van der Waals surface area (Å²) in [5.74, 6) is 1.11. The lowest BCUT2D eigenvalue weighted by atomic mass is 10.0. The van der Waals surface area contributed by atoms with E-state index >= 15 is 0 Å². The van der Waals surface area contributed by atoms with Crippen LogP contribution in [0.3, 0.4) is 0 Å². The highest BCUT2D eigenvalue weighted by Crippen LogP contribution is 2.25. The second-order valence-electron chi connectivity index (χ2n) is 6.43. The van der Waals surface area contributed by atoms with Crippen molar-refractivity contribution < 1.29 is 5.11 Å². The van der Waals surface area contributed by atoms with E-state index in [4.69, 9.17) is 0 Å². The van der Waals surface area contributed by atoms with Crippen LogP contribution in [0.4, 0.5) is 5.69 Å². The lowest BCUT2D eigenvalue weighted by molar-refractivity contribution is 0.136. The molecule has 1 aliphatic rings. The summed E-state index contributed by atoms with van der Waals surface area (Å²) in [4.78, 5) is 2.38. The first-order chi connectivity index (χ1) is 9.56. The van der Waals surface area contributed by atoms with Crippen LogP contribution < -0.4 is 10.2 Å². The van der Waals surface area contributed by atoms with Gasteiger partial charge in [-0.2, -0.15) is 0 Å². The molecule has 0 amide bonds. The van der Waals surface area contributed by atoms with Crippen molar-refractivity contribution in [2.24, 2.45) is 11.8 Å². The molecule has 1 heterocycles. The maximum absolute atomic E-state index is 9.67. The molecule has 2 unspecified atom stereocenters. The molecule has 3 nitrogen and oxygen atoms in total. The molecular weight excluding hydrogens is 248 g/mol. The molecule has 0 aromatic heterocycles. The van der Waals surface area contributed by atoms with Gasteiger partial charge in [-0.3, -0.25) is 0 Å². The Bertz CT molecular complexity index is 400. The highest BCUT2D eigenvalue weighted by molar-refractivity contribution is 5.48. The summed E-state index contributed by atoms with van der Waals surface area (Å²) in [6.07, 6.45) is 0.898. The van der Waals surface area contributed by atoms with Gasteiger partial charge in [0.25, 0.3) is 0 Å². The molecule has 20 heavy (non-hydrogen) atoms. The normalized spacial score (nSPS) is 20.6. The SMILES string of the molecule is CC(C)CNCc1ccc(N2CCC(C(C)O)C2)cc1. The molecule has 3 heteroatoms. The van der Waals surface area contributed by atoms with Crippen molar-refractivity contribution in [2.45, 2.75) is 39.8 Å². The summed E-state index contributed by atoms with van der Waals surface area (Å²) >= 11 is 0. The number of rotatable bonds is 6. The van der Waals surface area contributed by atoms with Gasteiger partial charge in [0, 0.05) is 31.2 Å². The molecule has 1 fully saturated rings. The van der Waals surface area contributed by atoms with E-state index in [1.165, 1.54) is 11.3 Å². The van der Waals surface area contributed by atoms with E-state index in [2.05, 4.69) is 48.3 Å². The third kappa shape index (κ3) is 4.22. The molecule has 1 aromatic carbocycles. The monoisotopic (exact) mass is 276 g/mol. The fourth-order valence-corrected chi connectivity index (χ4v) is 2.75. The molecule has 1 aliphatic heterocycles. The smallest absolute Gasteiger partial charge is 0.0557 e. The number of nitrogens with one attached hydrogen (secondary N) is 1. The number of aliphatic hydroxyl groups is 1. The van der Waals surface area contributed by atoms with Crippen LogP contribution in [0, 0.1) is 11.8 Å². The number of nitrogens with zero attached hydrogens (tertiary/aromatic N) is 1. The van der Waals surface area contributed by atoms with Gasteiger partial charge in [0.15, 0.2) is 0 Å². The Kier molecular flexibility index (Phi) is 5.44. The van der Waals surface area contributed by atoms with Crippen molar-refractivity contribution in [3.05, 3.63) is 29.8 Å². The zero-order chi connectivity index (χ0) is 14.5. The summed E-state index contributed by atoms with van der Waals surface area (Å²) in [5.41, 5.74) is 2.61. The molecule has 0 radical (unpaired) electrons. The minimum atomic E-state index is -0.195. The van der Waals surface area contributed by atoms with E-state index in [1.807, 2.05) is 6.92 Å². The molecule has 1 saturated heterocycles. The number of hydrogen-bond donors (Lipinski definition) is 2. The topological polar surface area (TPSA) is 35.5 Å². The van der Waals surface area contributed by atoms with E-state index in [0.29, 0.717) is 11.8 Å². The van der Waals surface area contributed by atoms with Gasteiger partial charge < -0.3 is 15.3 Å². The Morgan fingerprint density at radius 3 is 2.50 bits per heavy atom. The van der Waals surface area contributed by atoms with Crippen LogP contribution in [0.25, 0.3) is 0 Å². The third-order valence-electron chi connectivity index (χ3n) is 4.09. The van der Waals surface area contributed by atoms with E-state index in [1.54, 1.807) is 0 Å². The van der Waals surface area contributed by atoms with E-state index < -0.39 is 0 Å². The number of aliphatic hydroxyl groups excluding tert-OH is 1. The molecule has 0 bridgehead atoms. The standard InChI is InChI=1S/C17H28N2O/c1-13(2)10-18-11-15-4-6-17(7-5-15)19-9-8-16(12-19)14(3)20/h4-7,13-14,16,18,20H,8-12H2,1-3H3. The van der Waals surface area contributed by atoms with Gasteiger partial charge in [0.1, 0.15) is 0 Å². The quantitative estimate of drug-likeness (QED) is 0.838. The van der Waals surface area contributed by atoms with Crippen LogP contribution in [-0.2, 0) is 6.54 Å². The minimum absolute atomic E-state index is 0.195. The zero-order valence-electron chi connectivity index (χ0n) is 13.0. The minimum Gasteiger partial charge on any atom is -0.393 e. The van der Waals surface area contributed by atoms with Crippen LogP contribution >= 0.6 is 0 Å². The van der Waals surface area contributed by atoms with Crippen molar-refractivity contribution in [1.82, 2.24) is 5.32 Å². The van der Waals surface area contributed by atoms with E-state index in [0.717, 1.165) is 32.6 Å². The zero-order valence-corrected chi connectivity index (χ0v) is 13.0. The van der Waals surface area contributed by atoms with Crippen molar-refractivity contribution in [1.29, 1.82) is 0 Å². The van der Waals surface area contributed by atoms with Crippen LogP contribution in [0.15, 0.2) is 24.3 Å². The van der Waals surface area contributed by atoms with Gasteiger partial charge in [-0.1, -0.05) is 26.0 Å². The Labute approximate surface area is 123 Å². The average molecular weight is 276 g/mol. The lowest BCUT2D eigenvalue weighted by Gasteiger charge is -2.20. The molecule has 1 aromatic rings. The van der Waals surface area contributed by atoms with Crippen LogP contribution in [0.1, 0.15) is 32.8 Å². The average Bonchev–Trinajstić information content (AvgIpc) is 2.89. The van der Waals surface area contributed by atoms with Crippen molar-refractivity contribution >= 4 is 5.69 Å². The number of benzene rings is 1. The Hall–Kier alpha value is -1.06. The molecule has 0 saturated carbocycles. The first kappa shape index (κ1) is 15.3. The predicted molar refractivity (Wildman–Crippen MR) is 85.0 cm³/mol. The van der Waals surface area contributed by atoms with Crippen molar-refractivity contribution in [3.63, 3.8) is 0 Å². The fraction of sp³-hybridized carbons (Fsp3) is 0.647. The second kappa shape index (κ2) is 7.09. The lowest BCUT2D eigenvalue weighted by Crippen LogP contribution is -2.24. The van der Waals surface area contributed by atoms with Gasteiger partial charge in [-0.05, 0) is 43.5 Å². The summed E-state index contributed by atoms with van der Waals surface area (Å²) in [6, 6.07) is 8.82. The first-order valence-corrected chi connectivity index (χ1v) is 7.79. The fourth-order valence-electron chi connectivity index (χ4n) is 2.75. The molecule has 0 aliphatic carbocycles. The third-order valence-corrected chi connectivity index (χ3v) is 4.09. The maximum Gasteiger partial charge on any atom is 0.0557 e. The van der Waals surface area contributed by atoms with Gasteiger partial charge in [-0.25, -0.2) is 0 Å². The largest absolute Gasteiger partial charge is 0.393 e. The van der Waals surface area contributed by atoms with Crippen molar-refractivity contribution in [2.75, 3.05) is 24.5 Å². The van der Waals surface area contributed by atoms with E-state index in [-0.39, 0.29) is 6.10 Å². The highest BCUT2D eigenvalue weighted by Gasteiger charge is 2.25. The number of hydrogen-bond acceptors (Lipinski definition) is 3. The Morgan fingerprint density at radius 1 is 1.25 bits per heavy atom. The molecule has 0 spiro atoms. The molecule has 2 atom stereocenters. The molecular formula is C17H28N2O. The predicted octanol–water partition coefficient (Wildman–Crippen LogP) is 2.64. The van der Waals surface area contributed by atoms with Gasteiger partial charge in [0.05, 0.1) is 6.10 Å². The van der Waals surface area contributed by atoms with Gasteiger partial charge in [-0.15, -0.1) is 0 Å². The van der Waals surface area contributed by atoms with Gasteiger partial charge >= 0.3 is 0 Å². The van der Waals surface area contributed by atoms with Crippen LogP contribution in [-0.4, -0.2) is 30.8 Å². The Balaban J connectivity index is 1.85. The highest BCUT2D eigenvalue weighted by atomic mass is 16.3. The van der Waals surface area contributed by atoms with E-state index in [9.17, 15) is 5.11 Å². The van der Waals surface area contributed by atoms with Crippen LogP contribution in [0.2, 0.25) is 0 Å².